The van der Waals surface area contributed by atoms with E-state index in [1.54, 1.807) is 18.3 Å². The molecule has 2 aromatic carbocycles. The van der Waals surface area contributed by atoms with Crippen molar-refractivity contribution in [2.24, 2.45) is 10.9 Å². The highest BCUT2D eigenvalue weighted by atomic mass is 16.5. The summed E-state index contributed by atoms with van der Waals surface area (Å²) in [5.41, 5.74) is 4.49. The molecule has 0 bridgehead atoms. The van der Waals surface area contributed by atoms with Crippen molar-refractivity contribution in [1.82, 2.24) is 4.90 Å². The molecule has 1 aliphatic carbocycles. The number of hydrogen-bond donors (Lipinski definition) is 1. The van der Waals surface area contributed by atoms with E-state index in [1.807, 2.05) is 48.5 Å². The molecule has 4 rings (SSSR count). The van der Waals surface area contributed by atoms with Gasteiger partial charge in [0.05, 0.1) is 25.0 Å². The minimum Gasteiger partial charge on any atom is -0.422 e. The van der Waals surface area contributed by atoms with Crippen molar-refractivity contribution >= 4 is 17.9 Å². The predicted molar refractivity (Wildman–Crippen MR) is 117 cm³/mol. The van der Waals surface area contributed by atoms with Gasteiger partial charge >= 0.3 is 5.97 Å². The highest BCUT2D eigenvalue weighted by Crippen LogP contribution is 2.39. The number of benzene rings is 2. The monoisotopic (exact) mass is 403 g/mol. The number of rotatable bonds is 5. The summed E-state index contributed by atoms with van der Waals surface area (Å²) in [5, 5.41) is 3.77. The van der Waals surface area contributed by atoms with Crippen LogP contribution in [0.15, 0.2) is 82.6 Å². The molecule has 0 spiro atoms. The molecule has 0 unspecified atom stereocenters. The third-order valence-electron chi connectivity index (χ3n) is 5.31. The van der Waals surface area contributed by atoms with E-state index in [0.717, 1.165) is 48.3 Å². The van der Waals surface area contributed by atoms with Crippen LogP contribution in [-0.4, -0.2) is 43.4 Å². The lowest BCUT2D eigenvalue weighted by Gasteiger charge is -2.32. The normalized spacial score (nSPS) is 18.7. The fourth-order valence-electron chi connectivity index (χ4n) is 3.92. The van der Waals surface area contributed by atoms with Gasteiger partial charge in [-0.25, -0.2) is 4.79 Å². The lowest BCUT2D eigenvalue weighted by Crippen LogP contribution is -2.36. The van der Waals surface area contributed by atoms with E-state index in [4.69, 9.17) is 15.3 Å². The SMILES string of the molecule is N/N=C\C1=C(N2CCOCC2)C(=C(/OC(=O)c2ccccc2)c2ccccc2)/CC1. The van der Waals surface area contributed by atoms with Crippen molar-refractivity contribution in [2.45, 2.75) is 12.8 Å². The van der Waals surface area contributed by atoms with Crippen LogP contribution in [0.3, 0.4) is 0 Å². The first-order valence-corrected chi connectivity index (χ1v) is 10.1. The smallest absolute Gasteiger partial charge is 0.343 e. The van der Waals surface area contributed by atoms with E-state index in [9.17, 15) is 4.79 Å². The molecule has 1 saturated heterocycles. The van der Waals surface area contributed by atoms with Gasteiger partial charge in [0.15, 0.2) is 0 Å². The van der Waals surface area contributed by atoms with E-state index < -0.39 is 0 Å². The van der Waals surface area contributed by atoms with Crippen molar-refractivity contribution in [3.63, 3.8) is 0 Å². The maximum Gasteiger partial charge on any atom is 0.343 e. The minimum atomic E-state index is -0.371. The summed E-state index contributed by atoms with van der Waals surface area (Å²) >= 11 is 0. The van der Waals surface area contributed by atoms with Gasteiger partial charge in [-0.1, -0.05) is 48.5 Å². The first-order valence-electron chi connectivity index (χ1n) is 10.1. The Balaban J connectivity index is 1.80. The van der Waals surface area contributed by atoms with E-state index in [1.165, 1.54) is 0 Å². The summed E-state index contributed by atoms with van der Waals surface area (Å²) in [5.74, 6) is 5.70. The second-order valence-electron chi connectivity index (χ2n) is 7.18. The van der Waals surface area contributed by atoms with Gasteiger partial charge in [-0.2, -0.15) is 5.10 Å². The number of hydrogen-bond acceptors (Lipinski definition) is 6. The molecule has 154 valence electrons. The second kappa shape index (κ2) is 9.41. The zero-order valence-corrected chi connectivity index (χ0v) is 16.8. The van der Waals surface area contributed by atoms with Crippen molar-refractivity contribution in [2.75, 3.05) is 26.3 Å². The molecular formula is C24H25N3O3. The molecular weight excluding hydrogens is 378 g/mol. The Hall–Kier alpha value is -3.38. The number of hydrazone groups is 1. The Morgan fingerprint density at radius 2 is 1.60 bits per heavy atom. The summed E-state index contributed by atoms with van der Waals surface area (Å²) in [7, 11) is 0. The van der Waals surface area contributed by atoms with E-state index >= 15 is 0 Å². The van der Waals surface area contributed by atoms with Crippen LogP contribution in [0.25, 0.3) is 5.76 Å². The third-order valence-corrected chi connectivity index (χ3v) is 5.31. The molecule has 30 heavy (non-hydrogen) atoms. The van der Waals surface area contributed by atoms with Gasteiger partial charge in [0.25, 0.3) is 0 Å². The molecule has 1 fully saturated rings. The van der Waals surface area contributed by atoms with E-state index in [2.05, 4.69) is 10.0 Å². The standard InChI is InChI=1S/C24H25N3O3/c25-26-17-20-11-12-21(22(20)27-13-15-29-16-14-27)23(18-7-3-1-4-8-18)30-24(28)19-9-5-2-6-10-19/h1-10,17H,11-16,25H2/b23-21+,26-17-. The average Bonchev–Trinajstić information content (AvgIpc) is 3.22. The van der Waals surface area contributed by atoms with Gasteiger partial charge in [-0.3, -0.25) is 0 Å². The number of carbonyl (C=O) groups excluding carboxylic acids is 1. The Kier molecular flexibility index (Phi) is 6.25. The summed E-state index contributed by atoms with van der Waals surface area (Å²) in [4.78, 5) is 15.2. The molecule has 0 amide bonds. The molecule has 0 saturated carbocycles. The quantitative estimate of drug-likeness (QED) is 0.271. The zero-order valence-electron chi connectivity index (χ0n) is 16.8. The van der Waals surface area contributed by atoms with Crippen LogP contribution in [0.1, 0.15) is 28.8 Å². The molecule has 0 atom stereocenters. The fourth-order valence-corrected chi connectivity index (χ4v) is 3.92. The summed E-state index contributed by atoms with van der Waals surface area (Å²) < 4.78 is 11.6. The minimum absolute atomic E-state index is 0.371. The lowest BCUT2D eigenvalue weighted by atomic mass is 10.0. The zero-order chi connectivity index (χ0) is 20.8. The molecule has 0 aromatic heterocycles. The summed E-state index contributed by atoms with van der Waals surface area (Å²) in [6.07, 6.45) is 3.25. The van der Waals surface area contributed by atoms with Gasteiger partial charge in [-0.05, 0) is 30.5 Å². The second-order valence-corrected chi connectivity index (χ2v) is 7.18. The Morgan fingerprint density at radius 3 is 2.23 bits per heavy atom. The van der Waals surface area contributed by atoms with Gasteiger partial charge in [0.2, 0.25) is 0 Å². The van der Waals surface area contributed by atoms with Crippen molar-refractivity contribution in [3.05, 3.63) is 88.6 Å². The Morgan fingerprint density at radius 1 is 0.967 bits per heavy atom. The summed E-state index contributed by atoms with van der Waals surface area (Å²) in [6.45, 7) is 2.87. The van der Waals surface area contributed by atoms with Crippen molar-refractivity contribution in [1.29, 1.82) is 0 Å². The van der Waals surface area contributed by atoms with Crippen molar-refractivity contribution < 1.29 is 14.3 Å². The first-order chi connectivity index (χ1) is 14.8. The molecule has 6 heteroatoms. The van der Waals surface area contributed by atoms with E-state index in [-0.39, 0.29) is 5.97 Å². The largest absolute Gasteiger partial charge is 0.422 e. The van der Waals surface area contributed by atoms with Gasteiger partial charge < -0.3 is 20.2 Å². The average molecular weight is 403 g/mol. The first kappa shape index (κ1) is 19.9. The molecule has 2 aliphatic rings. The van der Waals surface area contributed by atoms with Crippen LogP contribution in [0.4, 0.5) is 0 Å². The summed E-state index contributed by atoms with van der Waals surface area (Å²) in [6, 6.07) is 18.8. The maximum absolute atomic E-state index is 12.9. The van der Waals surface area contributed by atoms with Crippen LogP contribution >= 0.6 is 0 Å². The molecule has 2 N–H and O–H groups in total. The predicted octanol–water partition coefficient (Wildman–Crippen LogP) is 3.58. The van der Waals surface area contributed by atoms with E-state index in [0.29, 0.717) is 24.5 Å². The fraction of sp³-hybridized carbons (Fsp3) is 0.250. The van der Waals surface area contributed by atoms with Gasteiger partial charge in [0, 0.05) is 29.9 Å². The van der Waals surface area contributed by atoms with Crippen LogP contribution in [-0.2, 0) is 9.47 Å². The number of allylic oxidation sites excluding steroid dienone is 2. The van der Waals surface area contributed by atoms with Crippen LogP contribution in [0.2, 0.25) is 0 Å². The topological polar surface area (TPSA) is 77.2 Å². The Bertz CT molecular complexity index is 975. The van der Waals surface area contributed by atoms with Crippen LogP contribution in [0, 0.1) is 0 Å². The molecule has 1 aliphatic heterocycles. The lowest BCUT2D eigenvalue weighted by molar-refractivity contribution is 0.0544. The number of esters is 1. The molecule has 6 nitrogen and oxygen atoms in total. The van der Waals surface area contributed by atoms with Gasteiger partial charge in [-0.15, -0.1) is 0 Å². The third kappa shape index (κ3) is 4.28. The molecule has 0 radical (unpaired) electrons. The highest BCUT2D eigenvalue weighted by Gasteiger charge is 2.30. The van der Waals surface area contributed by atoms with Crippen LogP contribution < -0.4 is 5.84 Å². The highest BCUT2D eigenvalue weighted by molar-refractivity contribution is 5.94. The number of carbonyl (C=O) groups is 1. The maximum atomic E-state index is 12.9. The van der Waals surface area contributed by atoms with Crippen molar-refractivity contribution in [3.8, 4) is 0 Å². The number of ether oxygens (including phenoxy) is 2. The number of nitrogens with zero attached hydrogens (tertiary/aromatic N) is 2. The number of nitrogens with two attached hydrogens (primary N) is 1. The van der Waals surface area contributed by atoms with Crippen LogP contribution in [0.5, 0.6) is 0 Å². The Labute approximate surface area is 176 Å². The number of morpholine rings is 1. The molecule has 2 aromatic rings. The van der Waals surface area contributed by atoms with Gasteiger partial charge in [0.1, 0.15) is 5.76 Å². The molecule has 1 heterocycles.